The number of benzene rings is 1. The third kappa shape index (κ3) is 4.18. The van der Waals surface area contributed by atoms with Gasteiger partial charge in [0.25, 0.3) is 0 Å². The third-order valence-electron chi connectivity index (χ3n) is 4.97. The smallest absolute Gasteiger partial charge is 0.410 e. The van der Waals surface area contributed by atoms with Crippen LogP contribution in [0.2, 0.25) is 0 Å². The van der Waals surface area contributed by atoms with E-state index in [1.807, 2.05) is 30.3 Å². The highest BCUT2D eigenvalue weighted by Gasteiger charge is 2.34. The molecule has 0 saturated carbocycles. The van der Waals surface area contributed by atoms with Crippen molar-refractivity contribution in [3.63, 3.8) is 0 Å². The van der Waals surface area contributed by atoms with Gasteiger partial charge in [-0.1, -0.05) is 74.7 Å². The van der Waals surface area contributed by atoms with Crippen molar-refractivity contribution >= 4 is 40.0 Å². The zero-order valence-electron chi connectivity index (χ0n) is 16.8. The van der Waals surface area contributed by atoms with Crippen molar-refractivity contribution in [2.45, 2.75) is 51.7 Å². The summed E-state index contributed by atoms with van der Waals surface area (Å²) in [7, 11) is 0. The molecular formula is C21H24N4O2S2. The molecule has 1 fully saturated rings. The summed E-state index contributed by atoms with van der Waals surface area (Å²) in [5.74, 6) is 0.843. The molecule has 0 bridgehead atoms. The number of ether oxygens (including phenoxy) is 1. The van der Waals surface area contributed by atoms with Crippen LogP contribution in [0.4, 0.5) is 4.79 Å². The molecule has 0 unspecified atom stereocenters. The zero-order valence-corrected chi connectivity index (χ0v) is 18.4. The van der Waals surface area contributed by atoms with E-state index >= 15 is 0 Å². The van der Waals surface area contributed by atoms with Crippen molar-refractivity contribution in [1.82, 2.24) is 19.9 Å². The molecule has 1 N–H and O–H groups in total. The van der Waals surface area contributed by atoms with Gasteiger partial charge in [0.1, 0.15) is 32.4 Å². The number of hydrogen-bond acceptors (Lipinski definition) is 6. The quantitative estimate of drug-likeness (QED) is 0.556. The highest BCUT2D eigenvalue weighted by atomic mass is 32.1. The summed E-state index contributed by atoms with van der Waals surface area (Å²) in [6, 6.07) is 9.62. The monoisotopic (exact) mass is 428 g/mol. The van der Waals surface area contributed by atoms with E-state index in [1.165, 1.54) is 11.3 Å². The predicted octanol–water partition coefficient (Wildman–Crippen LogP) is 5.52. The van der Waals surface area contributed by atoms with E-state index in [9.17, 15) is 4.79 Å². The van der Waals surface area contributed by atoms with Crippen molar-refractivity contribution in [2.75, 3.05) is 6.54 Å². The number of fused-ring (bicyclic) bond motifs is 1. The first-order valence-electron chi connectivity index (χ1n) is 9.71. The van der Waals surface area contributed by atoms with E-state index in [0.29, 0.717) is 16.7 Å². The number of aromatic nitrogens is 3. The van der Waals surface area contributed by atoms with Crippen molar-refractivity contribution < 1.29 is 9.53 Å². The van der Waals surface area contributed by atoms with Gasteiger partial charge in [0.15, 0.2) is 0 Å². The zero-order chi connectivity index (χ0) is 20.6. The number of aromatic amines is 1. The van der Waals surface area contributed by atoms with Crippen molar-refractivity contribution in [1.29, 1.82) is 0 Å². The molecule has 152 valence electrons. The molecule has 1 saturated heterocycles. The number of nitrogens with one attached hydrogen (secondary N) is 1. The van der Waals surface area contributed by atoms with Crippen LogP contribution in [0.25, 0.3) is 10.3 Å². The minimum Gasteiger partial charge on any atom is -0.445 e. The Hall–Kier alpha value is -2.32. The van der Waals surface area contributed by atoms with Gasteiger partial charge in [-0.05, 0) is 18.4 Å². The first-order chi connectivity index (χ1) is 13.8. The van der Waals surface area contributed by atoms with Crippen molar-refractivity contribution in [2.24, 2.45) is 0 Å². The molecule has 1 aliphatic rings. The Labute approximate surface area is 179 Å². The summed E-state index contributed by atoms with van der Waals surface area (Å²) in [4.78, 5) is 28.0. The minimum absolute atomic E-state index is 0.0926. The van der Waals surface area contributed by atoms with E-state index < -0.39 is 0 Å². The lowest BCUT2D eigenvalue weighted by atomic mass is 9.96. The highest BCUT2D eigenvalue weighted by molar-refractivity contribution is 7.71. The second-order valence-corrected chi connectivity index (χ2v) is 9.68. The maximum atomic E-state index is 12.7. The molecule has 1 aromatic carbocycles. The average molecular weight is 429 g/mol. The van der Waals surface area contributed by atoms with Crippen LogP contribution in [0.15, 0.2) is 30.3 Å². The summed E-state index contributed by atoms with van der Waals surface area (Å²) in [5, 5.41) is 0.868. The number of hydrogen-bond donors (Lipinski definition) is 1. The normalized spacial score (nSPS) is 17.1. The van der Waals surface area contributed by atoms with Gasteiger partial charge in [0.2, 0.25) is 0 Å². The molecule has 0 spiro atoms. The molecule has 0 radical (unpaired) electrons. The number of nitrogens with zero attached hydrogens (tertiary/aromatic N) is 3. The van der Waals surface area contributed by atoms with Crippen LogP contribution in [0.1, 0.15) is 56.1 Å². The Morgan fingerprint density at radius 2 is 2.07 bits per heavy atom. The van der Waals surface area contributed by atoms with E-state index in [-0.39, 0.29) is 24.2 Å². The molecular weight excluding hydrogens is 404 g/mol. The number of thiazole rings is 1. The second kappa shape index (κ2) is 7.84. The molecule has 1 amide bonds. The summed E-state index contributed by atoms with van der Waals surface area (Å²) in [6.45, 7) is 7.22. The topological polar surface area (TPSA) is 71.1 Å². The largest absolute Gasteiger partial charge is 0.445 e. The standard InChI is InChI=1S/C21H24N4O2S2/c1-21(2,3)19-23-16(28)15-18(24-19)29-17(22-15)14-10-7-11-25(14)20(26)27-12-13-8-5-4-6-9-13/h4-6,8-9,14H,7,10-12H2,1-3H3,(H,23,24,28)/t14-/m1/s1. The summed E-state index contributed by atoms with van der Waals surface area (Å²) >= 11 is 7.03. The number of carbonyl (C=O) groups excluding carboxylic acids is 1. The van der Waals surface area contributed by atoms with Gasteiger partial charge in [-0.2, -0.15) is 0 Å². The van der Waals surface area contributed by atoms with Crippen molar-refractivity contribution in [3.05, 3.63) is 51.4 Å². The second-order valence-electron chi connectivity index (χ2n) is 8.26. The molecule has 3 heterocycles. The van der Waals surface area contributed by atoms with Gasteiger partial charge in [-0.3, -0.25) is 4.90 Å². The average Bonchev–Trinajstić information content (AvgIpc) is 3.33. The molecule has 0 aliphatic carbocycles. The summed E-state index contributed by atoms with van der Waals surface area (Å²) in [6.07, 6.45) is 1.49. The van der Waals surface area contributed by atoms with Crippen LogP contribution < -0.4 is 0 Å². The highest BCUT2D eigenvalue weighted by Crippen LogP contribution is 2.37. The van der Waals surface area contributed by atoms with E-state index in [4.69, 9.17) is 26.9 Å². The van der Waals surface area contributed by atoms with E-state index in [0.717, 1.165) is 34.1 Å². The Morgan fingerprint density at radius 3 is 2.79 bits per heavy atom. The fourth-order valence-electron chi connectivity index (χ4n) is 3.39. The first-order valence-corrected chi connectivity index (χ1v) is 10.9. The number of rotatable bonds is 3. The fourth-order valence-corrected chi connectivity index (χ4v) is 4.79. The predicted molar refractivity (Wildman–Crippen MR) is 117 cm³/mol. The number of amides is 1. The molecule has 8 heteroatoms. The van der Waals surface area contributed by atoms with Gasteiger partial charge in [0, 0.05) is 12.0 Å². The third-order valence-corrected chi connectivity index (χ3v) is 6.32. The maximum absolute atomic E-state index is 12.7. The van der Waals surface area contributed by atoms with Crippen LogP contribution in [-0.4, -0.2) is 32.5 Å². The molecule has 2 aromatic heterocycles. The van der Waals surface area contributed by atoms with Gasteiger partial charge in [-0.15, -0.1) is 0 Å². The lowest BCUT2D eigenvalue weighted by Gasteiger charge is -2.22. The number of likely N-dealkylation sites (tertiary alicyclic amines) is 1. The van der Waals surface area contributed by atoms with Crippen LogP contribution in [0.3, 0.4) is 0 Å². The Kier molecular flexibility index (Phi) is 5.40. The van der Waals surface area contributed by atoms with Gasteiger partial charge >= 0.3 is 6.09 Å². The van der Waals surface area contributed by atoms with Crippen LogP contribution in [-0.2, 0) is 16.8 Å². The molecule has 3 aromatic rings. The van der Waals surface area contributed by atoms with Crippen LogP contribution >= 0.6 is 23.6 Å². The van der Waals surface area contributed by atoms with Crippen LogP contribution in [0.5, 0.6) is 0 Å². The molecule has 4 rings (SSSR count). The van der Waals surface area contributed by atoms with Crippen LogP contribution in [0, 0.1) is 4.64 Å². The van der Waals surface area contributed by atoms with E-state index in [1.54, 1.807) is 4.90 Å². The molecule has 1 aliphatic heterocycles. The molecule has 29 heavy (non-hydrogen) atoms. The van der Waals surface area contributed by atoms with Gasteiger partial charge in [-0.25, -0.2) is 14.8 Å². The lowest BCUT2D eigenvalue weighted by Crippen LogP contribution is -2.31. The number of H-pyrrole nitrogens is 1. The van der Waals surface area contributed by atoms with Gasteiger partial charge < -0.3 is 9.72 Å². The fraction of sp³-hybridized carbons (Fsp3) is 0.429. The first kappa shape index (κ1) is 20.0. The Bertz CT molecular complexity index is 1090. The van der Waals surface area contributed by atoms with Gasteiger partial charge in [0.05, 0.1) is 6.04 Å². The van der Waals surface area contributed by atoms with Crippen molar-refractivity contribution in [3.8, 4) is 0 Å². The number of carbonyl (C=O) groups is 1. The summed E-state index contributed by atoms with van der Waals surface area (Å²) in [5.41, 5.74) is 1.55. The maximum Gasteiger partial charge on any atom is 0.410 e. The SMILES string of the molecule is CC(C)(C)c1nc2sc([C@H]3CCCN3C(=O)OCc3ccccc3)nc2c(=S)[nH]1. The van der Waals surface area contributed by atoms with E-state index in [2.05, 4.69) is 25.8 Å². The molecule has 1 atom stereocenters. The Morgan fingerprint density at radius 1 is 1.31 bits per heavy atom. The lowest BCUT2D eigenvalue weighted by molar-refractivity contribution is 0.0920. The minimum atomic E-state index is -0.302. The molecule has 6 nitrogen and oxygen atoms in total. The summed E-state index contributed by atoms with van der Waals surface area (Å²) < 4.78 is 6.14. The Balaban J connectivity index is 1.56.